The smallest absolute Gasteiger partial charge is 0.0701 e. The number of thiophene rings is 1. The normalized spacial score (nSPS) is 12.6. The van der Waals surface area contributed by atoms with Crippen molar-refractivity contribution in [1.82, 2.24) is 10.3 Å². The summed E-state index contributed by atoms with van der Waals surface area (Å²) in [5.41, 5.74) is 3.55. The van der Waals surface area contributed by atoms with Crippen LogP contribution in [-0.4, -0.2) is 11.5 Å². The minimum atomic E-state index is 0.232. The molecule has 0 saturated heterocycles. The van der Waals surface area contributed by atoms with E-state index in [4.69, 9.17) is 0 Å². The molecule has 2 heterocycles. The van der Waals surface area contributed by atoms with Crippen molar-refractivity contribution in [3.8, 4) is 0 Å². The van der Waals surface area contributed by atoms with Crippen molar-refractivity contribution in [2.24, 2.45) is 0 Å². The second-order valence-corrected chi connectivity index (χ2v) is 6.20. The van der Waals surface area contributed by atoms with E-state index in [1.54, 1.807) is 11.3 Å². The number of hydrogen-bond acceptors (Lipinski definition) is 3. The van der Waals surface area contributed by atoms with Gasteiger partial charge in [-0.2, -0.15) is 0 Å². The number of pyridine rings is 1. The Morgan fingerprint density at radius 3 is 2.76 bits per heavy atom. The maximum absolute atomic E-state index is 4.37. The van der Waals surface area contributed by atoms with Gasteiger partial charge in [0.05, 0.1) is 9.83 Å². The predicted molar refractivity (Wildman–Crippen MR) is 76.5 cm³/mol. The lowest BCUT2D eigenvalue weighted by Crippen LogP contribution is -2.21. The zero-order valence-corrected chi connectivity index (χ0v) is 12.3. The summed E-state index contributed by atoms with van der Waals surface area (Å²) in [6.45, 7) is 5.06. The first-order valence-corrected chi connectivity index (χ1v) is 7.28. The fourth-order valence-corrected chi connectivity index (χ4v) is 2.96. The molecular formula is C13H15BrN2S. The van der Waals surface area contributed by atoms with E-state index < -0.39 is 0 Å². The predicted octanol–water partition coefficient (Wildman–Crippen LogP) is 3.91. The Morgan fingerprint density at radius 2 is 2.24 bits per heavy atom. The van der Waals surface area contributed by atoms with Gasteiger partial charge in [0.2, 0.25) is 0 Å². The zero-order chi connectivity index (χ0) is 12.3. The van der Waals surface area contributed by atoms with Gasteiger partial charge in [-0.1, -0.05) is 13.0 Å². The van der Waals surface area contributed by atoms with Crippen molar-refractivity contribution >= 4 is 27.3 Å². The summed E-state index contributed by atoms with van der Waals surface area (Å²) in [6.07, 6.45) is 1.95. The third-order valence-corrected chi connectivity index (χ3v) is 4.12. The lowest BCUT2D eigenvalue weighted by molar-refractivity contribution is 0.630. The topological polar surface area (TPSA) is 24.9 Å². The molecule has 90 valence electrons. The monoisotopic (exact) mass is 310 g/mol. The Labute approximate surface area is 114 Å². The highest BCUT2D eigenvalue weighted by Gasteiger charge is 2.14. The second-order valence-electron chi connectivity index (χ2n) is 3.91. The maximum Gasteiger partial charge on any atom is 0.0701 e. The maximum atomic E-state index is 4.37. The fraction of sp³-hybridized carbons (Fsp3) is 0.308. The number of rotatable bonds is 4. The molecule has 0 aliphatic carbocycles. The van der Waals surface area contributed by atoms with E-state index in [0.717, 1.165) is 16.0 Å². The lowest BCUT2D eigenvalue weighted by atomic mass is 10.0. The average molecular weight is 311 g/mol. The Morgan fingerprint density at radius 1 is 1.41 bits per heavy atom. The minimum absolute atomic E-state index is 0.232. The second kappa shape index (κ2) is 5.76. The van der Waals surface area contributed by atoms with Gasteiger partial charge in [0.15, 0.2) is 0 Å². The first kappa shape index (κ1) is 12.7. The van der Waals surface area contributed by atoms with Gasteiger partial charge in [-0.15, -0.1) is 11.3 Å². The van der Waals surface area contributed by atoms with Gasteiger partial charge >= 0.3 is 0 Å². The highest BCUT2D eigenvalue weighted by Crippen LogP contribution is 2.29. The van der Waals surface area contributed by atoms with Crippen LogP contribution in [0.1, 0.15) is 29.8 Å². The van der Waals surface area contributed by atoms with Gasteiger partial charge in [0, 0.05) is 11.9 Å². The van der Waals surface area contributed by atoms with Gasteiger partial charge in [0.25, 0.3) is 0 Å². The van der Waals surface area contributed by atoms with Crippen LogP contribution >= 0.6 is 27.3 Å². The number of halogens is 1. The van der Waals surface area contributed by atoms with Gasteiger partial charge in [-0.05, 0) is 58.0 Å². The van der Waals surface area contributed by atoms with Gasteiger partial charge in [0.1, 0.15) is 0 Å². The largest absolute Gasteiger partial charge is 0.306 e. The first-order valence-electron chi connectivity index (χ1n) is 5.60. The number of aromatic nitrogens is 1. The van der Waals surface area contributed by atoms with Crippen LogP contribution < -0.4 is 5.32 Å². The summed E-state index contributed by atoms with van der Waals surface area (Å²) in [5.74, 6) is 0. The number of nitrogens with zero attached hydrogens (tertiary/aromatic N) is 1. The molecule has 2 nitrogen and oxygen atoms in total. The molecule has 0 spiro atoms. The molecular weight excluding hydrogens is 296 g/mol. The molecule has 2 aromatic rings. The van der Waals surface area contributed by atoms with Crippen LogP contribution in [-0.2, 0) is 0 Å². The highest BCUT2D eigenvalue weighted by molar-refractivity contribution is 9.11. The van der Waals surface area contributed by atoms with Crippen molar-refractivity contribution in [2.75, 3.05) is 6.54 Å². The van der Waals surface area contributed by atoms with E-state index in [1.165, 1.54) is 11.1 Å². The summed E-state index contributed by atoms with van der Waals surface area (Å²) >= 11 is 5.22. The van der Waals surface area contributed by atoms with E-state index in [1.807, 2.05) is 13.1 Å². The fourth-order valence-electron chi connectivity index (χ4n) is 1.76. The standard InChI is InChI=1S/C13H15BrN2S/c1-3-15-13(11-6-12(14)17-8-11)10-5-4-9(2)16-7-10/h4-8,13,15H,3H2,1-2H3. The quantitative estimate of drug-likeness (QED) is 0.926. The number of hydrogen-bond donors (Lipinski definition) is 1. The van der Waals surface area contributed by atoms with E-state index in [9.17, 15) is 0 Å². The van der Waals surface area contributed by atoms with Crippen LogP contribution in [0.15, 0.2) is 33.6 Å². The van der Waals surface area contributed by atoms with Crippen molar-refractivity contribution < 1.29 is 0 Å². The molecule has 0 aliphatic heterocycles. The molecule has 4 heteroatoms. The summed E-state index contributed by atoms with van der Waals surface area (Å²) in [5, 5.41) is 5.67. The zero-order valence-electron chi connectivity index (χ0n) is 9.90. The third kappa shape index (κ3) is 3.15. The molecule has 1 atom stereocenters. The molecule has 0 radical (unpaired) electrons. The average Bonchev–Trinajstić information content (AvgIpc) is 2.74. The SMILES string of the molecule is CCNC(c1ccc(C)nc1)c1csc(Br)c1. The van der Waals surface area contributed by atoms with E-state index >= 15 is 0 Å². The Kier molecular flexibility index (Phi) is 4.31. The Bertz CT molecular complexity index is 478. The van der Waals surface area contributed by atoms with E-state index in [-0.39, 0.29) is 6.04 Å². The Hall–Kier alpha value is -0.710. The van der Waals surface area contributed by atoms with Crippen LogP contribution in [0.2, 0.25) is 0 Å². The molecule has 17 heavy (non-hydrogen) atoms. The minimum Gasteiger partial charge on any atom is -0.306 e. The summed E-state index contributed by atoms with van der Waals surface area (Å²) in [4.78, 5) is 4.37. The van der Waals surface area contributed by atoms with Crippen molar-refractivity contribution in [1.29, 1.82) is 0 Å². The molecule has 0 amide bonds. The van der Waals surface area contributed by atoms with Crippen molar-refractivity contribution in [3.63, 3.8) is 0 Å². The van der Waals surface area contributed by atoms with Crippen LogP contribution in [0.25, 0.3) is 0 Å². The van der Waals surface area contributed by atoms with Crippen molar-refractivity contribution in [2.45, 2.75) is 19.9 Å². The lowest BCUT2D eigenvalue weighted by Gasteiger charge is -2.17. The van der Waals surface area contributed by atoms with Gasteiger partial charge < -0.3 is 5.32 Å². The summed E-state index contributed by atoms with van der Waals surface area (Å²) in [7, 11) is 0. The van der Waals surface area contributed by atoms with E-state index in [2.05, 4.69) is 56.7 Å². The number of aryl methyl sites for hydroxylation is 1. The molecule has 2 aromatic heterocycles. The molecule has 0 bridgehead atoms. The molecule has 1 N–H and O–H groups in total. The molecule has 0 aliphatic rings. The van der Waals surface area contributed by atoms with E-state index in [0.29, 0.717) is 0 Å². The van der Waals surface area contributed by atoms with Crippen LogP contribution in [0.5, 0.6) is 0 Å². The Balaban J connectivity index is 2.31. The van der Waals surface area contributed by atoms with Crippen LogP contribution in [0.4, 0.5) is 0 Å². The summed E-state index contributed by atoms with van der Waals surface area (Å²) < 4.78 is 1.16. The third-order valence-electron chi connectivity index (χ3n) is 2.60. The molecule has 0 aromatic carbocycles. The van der Waals surface area contributed by atoms with Gasteiger partial charge in [-0.3, -0.25) is 4.98 Å². The molecule has 0 saturated carbocycles. The van der Waals surface area contributed by atoms with Crippen LogP contribution in [0.3, 0.4) is 0 Å². The molecule has 0 fully saturated rings. The molecule has 1 unspecified atom stereocenters. The molecule has 2 rings (SSSR count). The summed E-state index contributed by atoms with van der Waals surface area (Å²) in [6, 6.07) is 6.59. The van der Waals surface area contributed by atoms with Crippen molar-refractivity contribution in [3.05, 3.63) is 50.4 Å². The van der Waals surface area contributed by atoms with Crippen LogP contribution in [0, 0.1) is 6.92 Å². The number of nitrogens with one attached hydrogen (secondary N) is 1. The van der Waals surface area contributed by atoms with Gasteiger partial charge in [-0.25, -0.2) is 0 Å². The highest BCUT2D eigenvalue weighted by atomic mass is 79.9. The first-order chi connectivity index (χ1) is 8.20.